The fourth-order valence-corrected chi connectivity index (χ4v) is 2.74. The van der Waals surface area contributed by atoms with E-state index in [9.17, 15) is 9.90 Å². The summed E-state index contributed by atoms with van der Waals surface area (Å²) in [6, 6.07) is 0. The van der Waals surface area contributed by atoms with Gasteiger partial charge in [-0.1, -0.05) is 6.08 Å². The van der Waals surface area contributed by atoms with E-state index in [0.717, 1.165) is 25.8 Å². The van der Waals surface area contributed by atoms with Crippen molar-refractivity contribution in [2.24, 2.45) is 0 Å². The largest absolute Gasteiger partial charge is 0.388 e. The van der Waals surface area contributed by atoms with E-state index in [-0.39, 0.29) is 5.91 Å². The first-order valence-corrected chi connectivity index (χ1v) is 6.46. The van der Waals surface area contributed by atoms with Crippen molar-refractivity contribution in [3.8, 4) is 0 Å². The summed E-state index contributed by atoms with van der Waals surface area (Å²) in [5.74, 6) is 0.163. The third-order valence-corrected chi connectivity index (χ3v) is 3.47. The summed E-state index contributed by atoms with van der Waals surface area (Å²) >= 11 is 0. The third kappa shape index (κ3) is 2.87. The van der Waals surface area contributed by atoms with Crippen LogP contribution in [0.3, 0.4) is 0 Å². The minimum Gasteiger partial charge on any atom is -0.388 e. The number of carbonyl (C=O) groups is 1. The first kappa shape index (κ1) is 12.6. The van der Waals surface area contributed by atoms with Gasteiger partial charge in [0.1, 0.15) is 0 Å². The highest BCUT2D eigenvalue weighted by Crippen LogP contribution is 2.23. The number of carbonyl (C=O) groups excluding carboxylic acids is 1. The van der Waals surface area contributed by atoms with Crippen molar-refractivity contribution in [3.63, 3.8) is 0 Å². The number of rotatable bonds is 4. The molecule has 0 saturated carbocycles. The number of amides is 1. The molecule has 0 atom stereocenters. The highest BCUT2D eigenvalue weighted by molar-refractivity contribution is 5.80. The summed E-state index contributed by atoms with van der Waals surface area (Å²) in [6.07, 6.45) is 5.46. The molecule has 2 rings (SSSR count). The van der Waals surface area contributed by atoms with Crippen LogP contribution in [-0.4, -0.2) is 52.6 Å². The first-order valence-electron chi connectivity index (χ1n) is 6.46. The predicted molar refractivity (Wildman–Crippen MR) is 66.4 cm³/mol. The van der Waals surface area contributed by atoms with Gasteiger partial charge in [-0.3, -0.25) is 9.69 Å². The van der Waals surface area contributed by atoms with Gasteiger partial charge in [0.25, 0.3) is 0 Å². The molecule has 0 radical (unpaired) electrons. The number of β-amino-alcohol motifs (C(OH)–C–C–N with tert-alkyl or cyclic N) is 1. The molecular formula is C13H22N2O2. The minimum absolute atomic E-state index is 0.163. The zero-order valence-corrected chi connectivity index (χ0v) is 10.8. The molecule has 1 amide bonds. The van der Waals surface area contributed by atoms with Crippen LogP contribution >= 0.6 is 0 Å². The van der Waals surface area contributed by atoms with Crippen LogP contribution in [-0.2, 0) is 4.79 Å². The lowest BCUT2D eigenvalue weighted by molar-refractivity contribution is -0.137. The van der Waals surface area contributed by atoms with Crippen molar-refractivity contribution in [3.05, 3.63) is 11.8 Å². The van der Waals surface area contributed by atoms with Crippen LogP contribution in [0.2, 0.25) is 0 Å². The van der Waals surface area contributed by atoms with Crippen LogP contribution in [0.5, 0.6) is 0 Å². The van der Waals surface area contributed by atoms with E-state index < -0.39 is 5.60 Å². The molecule has 1 fully saturated rings. The standard InChI is InChI=1S/C13H22N2O2/c1-3-15(11-6-4-5-7-11)12(16)8-14-9-13(2,17)10-14/h6,17H,3-5,7-10H2,1-2H3. The Hall–Kier alpha value is -0.870. The van der Waals surface area contributed by atoms with Crippen LogP contribution in [0.4, 0.5) is 0 Å². The maximum Gasteiger partial charge on any atom is 0.240 e. The average Bonchev–Trinajstić information content (AvgIpc) is 2.69. The Labute approximate surface area is 103 Å². The van der Waals surface area contributed by atoms with Crippen LogP contribution in [0, 0.1) is 0 Å². The lowest BCUT2D eigenvalue weighted by Crippen LogP contribution is -2.61. The second-order valence-electron chi connectivity index (χ2n) is 5.37. The van der Waals surface area contributed by atoms with E-state index in [1.807, 2.05) is 23.6 Å². The maximum absolute atomic E-state index is 12.1. The number of allylic oxidation sites excluding steroid dienone is 2. The molecule has 0 aromatic heterocycles. The van der Waals surface area contributed by atoms with Crippen molar-refractivity contribution in [2.75, 3.05) is 26.2 Å². The smallest absolute Gasteiger partial charge is 0.240 e. The molecule has 0 aromatic carbocycles. The number of likely N-dealkylation sites (tertiary alicyclic amines) is 1. The van der Waals surface area contributed by atoms with Crippen molar-refractivity contribution in [1.29, 1.82) is 0 Å². The summed E-state index contributed by atoms with van der Waals surface area (Å²) in [6.45, 7) is 6.22. The van der Waals surface area contributed by atoms with E-state index in [0.29, 0.717) is 19.6 Å². The molecule has 1 aliphatic carbocycles. The van der Waals surface area contributed by atoms with Crippen LogP contribution in [0.25, 0.3) is 0 Å². The van der Waals surface area contributed by atoms with Gasteiger partial charge < -0.3 is 10.0 Å². The monoisotopic (exact) mass is 238 g/mol. The Bertz CT molecular complexity index is 328. The molecular weight excluding hydrogens is 216 g/mol. The van der Waals surface area contributed by atoms with Gasteiger partial charge >= 0.3 is 0 Å². The number of likely N-dealkylation sites (N-methyl/N-ethyl adjacent to an activating group) is 1. The molecule has 96 valence electrons. The van der Waals surface area contributed by atoms with Gasteiger partial charge in [-0.2, -0.15) is 0 Å². The van der Waals surface area contributed by atoms with Gasteiger partial charge in [0.05, 0.1) is 12.1 Å². The Morgan fingerprint density at radius 1 is 1.59 bits per heavy atom. The Morgan fingerprint density at radius 3 is 2.76 bits per heavy atom. The SMILES string of the molecule is CCN(C(=O)CN1CC(C)(O)C1)C1=CCCC1. The normalized spacial score (nSPS) is 23.1. The fourth-order valence-electron chi connectivity index (χ4n) is 2.74. The second-order valence-corrected chi connectivity index (χ2v) is 5.37. The summed E-state index contributed by atoms with van der Waals surface area (Å²) < 4.78 is 0. The van der Waals surface area contributed by atoms with E-state index in [1.54, 1.807) is 0 Å². The Kier molecular flexibility index (Phi) is 3.54. The average molecular weight is 238 g/mol. The van der Waals surface area contributed by atoms with Gasteiger partial charge in [0.15, 0.2) is 0 Å². The van der Waals surface area contributed by atoms with Gasteiger partial charge in [-0.25, -0.2) is 0 Å². The van der Waals surface area contributed by atoms with Crippen molar-refractivity contribution in [1.82, 2.24) is 9.80 Å². The number of aliphatic hydroxyl groups is 1. The summed E-state index contributed by atoms with van der Waals surface area (Å²) in [5.41, 5.74) is 0.592. The molecule has 2 aliphatic rings. The molecule has 0 spiro atoms. The summed E-state index contributed by atoms with van der Waals surface area (Å²) in [4.78, 5) is 16.0. The zero-order chi connectivity index (χ0) is 12.5. The fraction of sp³-hybridized carbons (Fsp3) is 0.769. The van der Waals surface area contributed by atoms with E-state index in [2.05, 4.69) is 6.08 Å². The van der Waals surface area contributed by atoms with E-state index in [1.165, 1.54) is 5.70 Å². The summed E-state index contributed by atoms with van der Waals surface area (Å²) in [7, 11) is 0. The van der Waals surface area contributed by atoms with Gasteiger partial charge in [0, 0.05) is 25.3 Å². The van der Waals surface area contributed by atoms with Crippen LogP contribution in [0.1, 0.15) is 33.1 Å². The summed E-state index contributed by atoms with van der Waals surface area (Å²) in [5, 5.41) is 9.63. The van der Waals surface area contributed by atoms with E-state index in [4.69, 9.17) is 0 Å². The third-order valence-electron chi connectivity index (χ3n) is 3.47. The molecule has 0 bridgehead atoms. The predicted octanol–water partition coefficient (Wildman–Crippen LogP) is 0.969. The zero-order valence-electron chi connectivity index (χ0n) is 10.8. The first-order chi connectivity index (χ1) is 8.02. The molecule has 0 unspecified atom stereocenters. The van der Waals surface area contributed by atoms with E-state index >= 15 is 0 Å². The molecule has 1 heterocycles. The van der Waals surface area contributed by atoms with Crippen LogP contribution < -0.4 is 0 Å². The van der Waals surface area contributed by atoms with Crippen molar-refractivity contribution in [2.45, 2.75) is 38.7 Å². The topological polar surface area (TPSA) is 43.8 Å². The lowest BCUT2D eigenvalue weighted by Gasteiger charge is -2.44. The van der Waals surface area contributed by atoms with Gasteiger partial charge in [-0.15, -0.1) is 0 Å². The second kappa shape index (κ2) is 4.78. The quantitative estimate of drug-likeness (QED) is 0.793. The van der Waals surface area contributed by atoms with Crippen LogP contribution in [0.15, 0.2) is 11.8 Å². The molecule has 17 heavy (non-hydrogen) atoms. The molecule has 1 aliphatic heterocycles. The molecule has 1 saturated heterocycles. The lowest BCUT2D eigenvalue weighted by atomic mass is 9.97. The molecule has 4 heteroatoms. The van der Waals surface area contributed by atoms with Crippen molar-refractivity contribution >= 4 is 5.91 Å². The van der Waals surface area contributed by atoms with Gasteiger partial charge in [-0.05, 0) is 33.1 Å². The number of hydrogen-bond acceptors (Lipinski definition) is 3. The molecule has 0 aromatic rings. The minimum atomic E-state index is -0.593. The molecule has 1 N–H and O–H groups in total. The van der Waals surface area contributed by atoms with Crippen molar-refractivity contribution < 1.29 is 9.90 Å². The Morgan fingerprint density at radius 2 is 2.29 bits per heavy atom. The highest BCUT2D eigenvalue weighted by atomic mass is 16.3. The maximum atomic E-state index is 12.1. The number of nitrogens with zero attached hydrogens (tertiary/aromatic N) is 2. The van der Waals surface area contributed by atoms with Gasteiger partial charge in [0.2, 0.25) is 5.91 Å². The highest BCUT2D eigenvalue weighted by Gasteiger charge is 2.37. The Balaban J connectivity index is 1.86. The number of hydrogen-bond donors (Lipinski definition) is 1. The molecule has 4 nitrogen and oxygen atoms in total.